The van der Waals surface area contributed by atoms with Crippen molar-refractivity contribution in [3.05, 3.63) is 48.0 Å². The summed E-state index contributed by atoms with van der Waals surface area (Å²) in [5.41, 5.74) is 0.820. The van der Waals surface area contributed by atoms with Crippen molar-refractivity contribution >= 4 is 5.91 Å². The number of hydrogen-bond donors (Lipinski definition) is 1. The Balaban J connectivity index is 1.44. The number of amides is 1. The molecule has 3 rings (SSSR count). The smallest absolute Gasteiger partial charge is 0.220 e. The molecule has 1 saturated heterocycles. The van der Waals surface area contributed by atoms with E-state index in [4.69, 9.17) is 4.42 Å². The summed E-state index contributed by atoms with van der Waals surface area (Å²) >= 11 is 0. The van der Waals surface area contributed by atoms with Crippen LogP contribution in [-0.4, -0.2) is 30.9 Å². The van der Waals surface area contributed by atoms with E-state index in [2.05, 4.69) is 17.3 Å². The van der Waals surface area contributed by atoms with E-state index in [1.165, 1.54) is 25.0 Å². The maximum atomic E-state index is 13.0. The van der Waals surface area contributed by atoms with Gasteiger partial charge in [-0.1, -0.05) is 0 Å². The highest BCUT2D eigenvalue weighted by Gasteiger charge is 2.18. The van der Waals surface area contributed by atoms with Gasteiger partial charge in [0, 0.05) is 18.5 Å². The minimum atomic E-state index is -0.271. The summed E-state index contributed by atoms with van der Waals surface area (Å²) in [6, 6.07) is 9.85. The number of halogens is 1. The van der Waals surface area contributed by atoms with Gasteiger partial charge in [-0.3, -0.25) is 4.79 Å². The first-order chi connectivity index (χ1) is 12.1. The molecule has 1 atom stereocenters. The fourth-order valence-electron chi connectivity index (χ4n) is 3.36. The number of piperidine rings is 1. The monoisotopic (exact) mass is 344 g/mol. The van der Waals surface area contributed by atoms with Gasteiger partial charge in [-0.15, -0.1) is 0 Å². The molecule has 0 bridgehead atoms. The van der Waals surface area contributed by atoms with Crippen LogP contribution >= 0.6 is 0 Å². The Bertz CT molecular complexity index is 696. The Morgan fingerprint density at radius 3 is 2.84 bits per heavy atom. The van der Waals surface area contributed by atoms with E-state index in [1.807, 2.05) is 12.1 Å². The maximum Gasteiger partial charge on any atom is 0.220 e. The molecule has 0 aliphatic carbocycles. The zero-order valence-corrected chi connectivity index (χ0v) is 14.6. The summed E-state index contributed by atoms with van der Waals surface area (Å²) < 4.78 is 18.7. The van der Waals surface area contributed by atoms with Gasteiger partial charge in [0.2, 0.25) is 5.91 Å². The van der Waals surface area contributed by atoms with Gasteiger partial charge in [-0.2, -0.15) is 0 Å². The third kappa shape index (κ3) is 5.16. The van der Waals surface area contributed by atoms with Crippen LogP contribution in [0.15, 0.2) is 40.8 Å². The highest BCUT2D eigenvalue weighted by atomic mass is 19.1. The molecule has 1 aliphatic heterocycles. The van der Waals surface area contributed by atoms with Crippen molar-refractivity contribution < 1.29 is 13.6 Å². The van der Waals surface area contributed by atoms with Crippen molar-refractivity contribution in [2.24, 2.45) is 5.92 Å². The molecule has 25 heavy (non-hydrogen) atoms. The third-order valence-electron chi connectivity index (χ3n) is 4.75. The lowest BCUT2D eigenvalue weighted by Crippen LogP contribution is -2.33. The van der Waals surface area contributed by atoms with E-state index >= 15 is 0 Å². The standard InChI is InChI=1S/C20H25FN2O2/c1-23-12-2-3-15(14-23)4-11-20(24)22-13-18-9-10-19(25-18)16-5-7-17(21)8-6-16/h5-10,15H,2-4,11-14H2,1H3,(H,22,24)/t15-/m1/s1. The Morgan fingerprint density at radius 2 is 2.08 bits per heavy atom. The second-order valence-electron chi connectivity index (χ2n) is 6.86. The number of hydrogen-bond acceptors (Lipinski definition) is 3. The molecular formula is C20H25FN2O2. The van der Waals surface area contributed by atoms with Crippen LogP contribution in [0, 0.1) is 11.7 Å². The van der Waals surface area contributed by atoms with Crippen molar-refractivity contribution in [1.29, 1.82) is 0 Å². The highest BCUT2D eigenvalue weighted by molar-refractivity contribution is 5.75. The number of furan rings is 1. The van der Waals surface area contributed by atoms with Gasteiger partial charge in [-0.25, -0.2) is 4.39 Å². The molecule has 5 heteroatoms. The Kier molecular flexibility index (Phi) is 5.87. The summed E-state index contributed by atoms with van der Waals surface area (Å²) in [5.74, 6) is 1.79. The lowest BCUT2D eigenvalue weighted by molar-refractivity contribution is -0.121. The van der Waals surface area contributed by atoms with Crippen LogP contribution in [0.1, 0.15) is 31.4 Å². The van der Waals surface area contributed by atoms with Crippen LogP contribution in [0.4, 0.5) is 4.39 Å². The summed E-state index contributed by atoms with van der Waals surface area (Å²) in [5, 5.41) is 2.92. The van der Waals surface area contributed by atoms with E-state index in [1.54, 1.807) is 12.1 Å². The molecule has 0 radical (unpaired) electrons. The fourth-order valence-corrected chi connectivity index (χ4v) is 3.36. The minimum Gasteiger partial charge on any atom is -0.459 e. The van der Waals surface area contributed by atoms with Gasteiger partial charge >= 0.3 is 0 Å². The van der Waals surface area contributed by atoms with Gasteiger partial charge in [0.25, 0.3) is 0 Å². The zero-order chi connectivity index (χ0) is 17.6. The SMILES string of the molecule is CN1CCC[C@H](CCC(=O)NCc2ccc(-c3ccc(F)cc3)o2)C1. The first kappa shape index (κ1) is 17.7. The van der Waals surface area contributed by atoms with Gasteiger partial charge in [0.15, 0.2) is 0 Å². The number of likely N-dealkylation sites (tertiary alicyclic amines) is 1. The number of nitrogens with zero attached hydrogens (tertiary/aromatic N) is 1. The number of carbonyl (C=O) groups excluding carboxylic acids is 1. The predicted molar refractivity (Wildman–Crippen MR) is 95.4 cm³/mol. The van der Waals surface area contributed by atoms with Crippen LogP contribution in [0.5, 0.6) is 0 Å². The van der Waals surface area contributed by atoms with E-state index in [0.717, 1.165) is 25.1 Å². The van der Waals surface area contributed by atoms with E-state index in [-0.39, 0.29) is 11.7 Å². The molecule has 1 aromatic carbocycles. The van der Waals surface area contributed by atoms with E-state index in [0.29, 0.717) is 30.4 Å². The molecule has 2 heterocycles. The number of nitrogens with one attached hydrogen (secondary N) is 1. The molecule has 1 amide bonds. The Labute approximate surface area is 148 Å². The molecule has 134 valence electrons. The number of benzene rings is 1. The lowest BCUT2D eigenvalue weighted by atomic mass is 9.93. The average Bonchev–Trinajstić information content (AvgIpc) is 3.08. The van der Waals surface area contributed by atoms with Crippen LogP contribution in [-0.2, 0) is 11.3 Å². The Morgan fingerprint density at radius 1 is 1.28 bits per heavy atom. The first-order valence-corrected chi connectivity index (χ1v) is 8.90. The van der Waals surface area contributed by atoms with Crippen molar-refractivity contribution in [1.82, 2.24) is 10.2 Å². The molecular weight excluding hydrogens is 319 g/mol. The molecule has 2 aromatic rings. The predicted octanol–water partition coefficient (Wildman–Crippen LogP) is 3.82. The van der Waals surface area contributed by atoms with Crippen LogP contribution in [0.25, 0.3) is 11.3 Å². The number of rotatable bonds is 6. The van der Waals surface area contributed by atoms with Gasteiger partial charge in [0.05, 0.1) is 6.54 Å². The minimum absolute atomic E-state index is 0.0629. The van der Waals surface area contributed by atoms with Crippen molar-refractivity contribution in [2.45, 2.75) is 32.2 Å². The summed E-state index contributed by atoms with van der Waals surface area (Å²) in [6.07, 6.45) is 3.94. The molecule has 1 aromatic heterocycles. The lowest BCUT2D eigenvalue weighted by Gasteiger charge is -2.29. The van der Waals surface area contributed by atoms with Gasteiger partial charge < -0.3 is 14.6 Å². The van der Waals surface area contributed by atoms with E-state index < -0.39 is 0 Å². The van der Waals surface area contributed by atoms with Gasteiger partial charge in [-0.05, 0) is 75.2 Å². The second-order valence-corrected chi connectivity index (χ2v) is 6.86. The molecule has 0 saturated carbocycles. The second kappa shape index (κ2) is 8.30. The number of carbonyl (C=O) groups is 1. The fraction of sp³-hybridized carbons (Fsp3) is 0.450. The Hall–Kier alpha value is -2.14. The van der Waals surface area contributed by atoms with E-state index in [9.17, 15) is 9.18 Å². The van der Waals surface area contributed by atoms with Crippen LogP contribution in [0.2, 0.25) is 0 Å². The largest absolute Gasteiger partial charge is 0.459 e. The third-order valence-corrected chi connectivity index (χ3v) is 4.75. The molecule has 4 nitrogen and oxygen atoms in total. The van der Waals surface area contributed by atoms with Crippen molar-refractivity contribution in [3.8, 4) is 11.3 Å². The summed E-state index contributed by atoms with van der Waals surface area (Å²) in [4.78, 5) is 14.4. The average molecular weight is 344 g/mol. The maximum absolute atomic E-state index is 13.0. The molecule has 0 spiro atoms. The van der Waals surface area contributed by atoms with Crippen molar-refractivity contribution in [2.75, 3.05) is 20.1 Å². The summed E-state index contributed by atoms with van der Waals surface area (Å²) in [7, 11) is 2.14. The molecule has 1 N–H and O–H groups in total. The highest BCUT2D eigenvalue weighted by Crippen LogP contribution is 2.23. The van der Waals surface area contributed by atoms with Crippen LogP contribution in [0.3, 0.4) is 0 Å². The summed E-state index contributed by atoms with van der Waals surface area (Å²) in [6.45, 7) is 2.63. The van der Waals surface area contributed by atoms with Crippen LogP contribution < -0.4 is 5.32 Å². The quantitative estimate of drug-likeness (QED) is 0.866. The zero-order valence-electron chi connectivity index (χ0n) is 14.6. The topological polar surface area (TPSA) is 45.5 Å². The first-order valence-electron chi connectivity index (χ1n) is 8.90. The molecule has 1 fully saturated rings. The molecule has 0 unspecified atom stereocenters. The molecule has 1 aliphatic rings. The van der Waals surface area contributed by atoms with Crippen molar-refractivity contribution in [3.63, 3.8) is 0 Å². The normalized spacial score (nSPS) is 18.2. The van der Waals surface area contributed by atoms with Gasteiger partial charge in [0.1, 0.15) is 17.3 Å².